The monoisotopic (exact) mass is 352 g/mol. The number of imidazole rings is 1. The molecule has 26 heavy (non-hydrogen) atoms. The summed E-state index contributed by atoms with van der Waals surface area (Å²) in [5.74, 6) is 2.79. The fourth-order valence-electron chi connectivity index (χ4n) is 3.38. The molecule has 1 N–H and O–H groups in total. The van der Waals surface area contributed by atoms with Gasteiger partial charge >= 0.3 is 0 Å². The lowest BCUT2D eigenvalue weighted by Crippen LogP contribution is -2.31. The third-order valence-corrected chi connectivity index (χ3v) is 4.84. The normalized spacial score (nSPS) is 14.6. The smallest absolute Gasteiger partial charge is 0.147 e. The molecule has 1 aliphatic rings. The number of fused-ring (bicyclic) bond motifs is 1. The molecule has 0 amide bonds. The number of hydrogen-bond acceptors (Lipinski definition) is 5. The van der Waals surface area contributed by atoms with Crippen LogP contribution in [0.4, 0.5) is 0 Å². The number of hydrogen-bond donors (Lipinski definition) is 1. The second-order valence-corrected chi connectivity index (χ2v) is 6.95. The van der Waals surface area contributed by atoms with Crippen molar-refractivity contribution in [1.82, 2.24) is 29.6 Å². The summed E-state index contributed by atoms with van der Waals surface area (Å²) in [6.07, 6.45) is 2.76. The molecule has 0 bridgehead atoms. The number of rotatable bonds is 5. The summed E-state index contributed by atoms with van der Waals surface area (Å²) in [5, 5.41) is 8.36. The van der Waals surface area contributed by atoms with Gasteiger partial charge in [0.25, 0.3) is 0 Å². The molecule has 3 heterocycles. The van der Waals surface area contributed by atoms with Crippen LogP contribution in [-0.4, -0.2) is 43.3 Å². The molecule has 7 heteroatoms. The van der Waals surface area contributed by atoms with Gasteiger partial charge in [-0.25, -0.2) is 4.98 Å². The molecule has 2 aromatic heterocycles. The van der Waals surface area contributed by atoms with Gasteiger partial charge in [-0.05, 0) is 38.1 Å². The van der Waals surface area contributed by atoms with Gasteiger partial charge < -0.3 is 14.3 Å². The standard InChI is InChI=1S/C19H24N6O/c1-13(2)25-12-20-23-18(25)11-24-9-8-16-17(10-24)22-19(21-16)14-4-6-15(26-3)7-5-14/h4-7,12-13H,8-11H2,1-3H3,(H,21,22). The van der Waals surface area contributed by atoms with E-state index in [0.717, 1.165) is 54.7 Å². The maximum atomic E-state index is 5.23. The summed E-state index contributed by atoms with van der Waals surface area (Å²) in [4.78, 5) is 10.7. The quantitative estimate of drug-likeness (QED) is 0.764. The first-order chi connectivity index (χ1) is 12.6. The van der Waals surface area contributed by atoms with Crippen molar-refractivity contribution in [3.8, 4) is 17.1 Å². The molecule has 3 aromatic rings. The number of methoxy groups -OCH3 is 1. The summed E-state index contributed by atoms with van der Waals surface area (Å²) in [5.41, 5.74) is 3.43. The average molecular weight is 352 g/mol. The van der Waals surface area contributed by atoms with Crippen LogP contribution in [0.1, 0.15) is 37.1 Å². The van der Waals surface area contributed by atoms with E-state index in [9.17, 15) is 0 Å². The van der Waals surface area contributed by atoms with Crippen molar-refractivity contribution in [2.45, 2.75) is 39.4 Å². The lowest BCUT2D eigenvalue weighted by molar-refractivity contribution is 0.230. The highest BCUT2D eigenvalue weighted by atomic mass is 16.5. The van der Waals surface area contributed by atoms with Gasteiger partial charge in [-0.3, -0.25) is 4.90 Å². The Balaban J connectivity index is 1.50. The first-order valence-electron chi connectivity index (χ1n) is 8.97. The van der Waals surface area contributed by atoms with Gasteiger partial charge in [0.2, 0.25) is 0 Å². The number of benzene rings is 1. The minimum atomic E-state index is 0.370. The zero-order chi connectivity index (χ0) is 18.1. The number of aromatic nitrogens is 5. The van der Waals surface area contributed by atoms with Crippen molar-refractivity contribution in [3.05, 3.63) is 47.8 Å². The van der Waals surface area contributed by atoms with E-state index in [-0.39, 0.29) is 0 Å². The molecule has 0 aliphatic carbocycles. The Labute approximate surface area is 153 Å². The van der Waals surface area contributed by atoms with Crippen LogP contribution in [-0.2, 0) is 19.5 Å². The van der Waals surface area contributed by atoms with Crippen LogP contribution < -0.4 is 4.74 Å². The zero-order valence-electron chi connectivity index (χ0n) is 15.4. The van der Waals surface area contributed by atoms with Gasteiger partial charge in [0, 0.05) is 31.1 Å². The molecule has 4 rings (SSSR count). The van der Waals surface area contributed by atoms with E-state index in [2.05, 4.69) is 38.5 Å². The van der Waals surface area contributed by atoms with Crippen LogP contribution >= 0.6 is 0 Å². The molecule has 1 aliphatic heterocycles. The topological polar surface area (TPSA) is 71.9 Å². The van der Waals surface area contributed by atoms with Crippen LogP contribution in [0.2, 0.25) is 0 Å². The first-order valence-corrected chi connectivity index (χ1v) is 8.97. The maximum absolute atomic E-state index is 5.23. The Hall–Kier alpha value is -2.67. The largest absolute Gasteiger partial charge is 0.497 e. The van der Waals surface area contributed by atoms with Crippen LogP contribution in [0.15, 0.2) is 30.6 Å². The van der Waals surface area contributed by atoms with Crippen molar-refractivity contribution in [3.63, 3.8) is 0 Å². The minimum absolute atomic E-state index is 0.370. The molecule has 0 fully saturated rings. The van der Waals surface area contributed by atoms with E-state index in [0.29, 0.717) is 6.04 Å². The second-order valence-electron chi connectivity index (χ2n) is 6.95. The molecule has 136 valence electrons. The summed E-state index contributed by atoms with van der Waals surface area (Å²) in [7, 11) is 1.68. The Kier molecular flexibility index (Phi) is 4.46. The SMILES string of the molecule is COc1ccc(-c2nc3c([nH]2)CN(Cc2nncn2C(C)C)CC3)cc1. The Morgan fingerprint density at radius 2 is 2.04 bits per heavy atom. The first kappa shape index (κ1) is 16.8. The summed E-state index contributed by atoms with van der Waals surface area (Å²) < 4.78 is 7.36. The van der Waals surface area contributed by atoms with Gasteiger partial charge in [-0.2, -0.15) is 0 Å². The van der Waals surface area contributed by atoms with E-state index in [4.69, 9.17) is 9.72 Å². The molecule has 0 atom stereocenters. The van der Waals surface area contributed by atoms with Crippen LogP contribution in [0.3, 0.4) is 0 Å². The molecule has 1 aromatic carbocycles. The van der Waals surface area contributed by atoms with Crippen molar-refractivity contribution in [2.75, 3.05) is 13.7 Å². The van der Waals surface area contributed by atoms with Crippen LogP contribution in [0.25, 0.3) is 11.4 Å². The summed E-state index contributed by atoms with van der Waals surface area (Å²) in [6.45, 7) is 6.93. The number of aromatic amines is 1. The lowest BCUT2D eigenvalue weighted by atomic mass is 10.1. The van der Waals surface area contributed by atoms with Crippen molar-refractivity contribution in [2.24, 2.45) is 0 Å². The van der Waals surface area contributed by atoms with E-state index >= 15 is 0 Å². The lowest BCUT2D eigenvalue weighted by Gasteiger charge is -2.25. The summed E-state index contributed by atoms with van der Waals surface area (Å²) >= 11 is 0. The Morgan fingerprint density at radius 3 is 2.77 bits per heavy atom. The van der Waals surface area contributed by atoms with E-state index in [1.807, 2.05) is 30.6 Å². The molecule has 0 spiro atoms. The van der Waals surface area contributed by atoms with Gasteiger partial charge in [-0.15, -0.1) is 10.2 Å². The van der Waals surface area contributed by atoms with Crippen molar-refractivity contribution < 1.29 is 4.74 Å². The highest BCUT2D eigenvalue weighted by Crippen LogP contribution is 2.25. The zero-order valence-corrected chi connectivity index (χ0v) is 15.4. The second kappa shape index (κ2) is 6.92. The molecule has 0 saturated carbocycles. The Morgan fingerprint density at radius 1 is 1.23 bits per heavy atom. The van der Waals surface area contributed by atoms with Gasteiger partial charge in [-0.1, -0.05) is 0 Å². The number of nitrogens with one attached hydrogen (secondary N) is 1. The predicted molar refractivity (Wildman–Crippen MR) is 98.8 cm³/mol. The number of ether oxygens (including phenoxy) is 1. The minimum Gasteiger partial charge on any atom is -0.497 e. The third kappa shape index (κ3) is 3.22. The molecular formula is C19H24N6O. The van der Waals surface area contributed by atoms with Crippen molar-refractivity contribution >= 4 is 0 Å². The van der Waals surface area contributed by atoms with Crippen molar-refractivity contribution in [1.29, 1.82) is 0 Å². The van der Waals surface area contributed by atoms with E-state index in [1.165, 1.54) is 5.69 Å². The number of nitrogens with zero attached hydrogens (tertiary/aromatic N) is 5. The van der Waals surface area contributed by atoms with E-state index < -0.39 is 0 Å². The maximum Gasteiger partial charge on any atom is 0.147 e. The summed E-state index contributed by atoms with van der Waals surface area (Å²) in [6, 6.07) is 8.36. The number of H-pyrrole nitrogens is 1. The fourth-order valence-corrected chi connectivity index (χ4v) is 3.38. The third-order valence-electron chi connectivity index (χ3n) is 4.84. The molecule has 0 saturated heterocycles. The fraction of sp³-hybridized carbons (Fsp3) is 0.421. The molecule has 7 nitrogen and oxygen atoms in total. The van der Waals surface area contributed by atoms with Crippen LogP contribution in [0.5, 0.6) is 5.75 Å². The molecule has 0 radical (unpaired) electrons. The highest BCUT2D eigenvalue weighted by Gasteiger charge is 2.22. The van der Waals surface area contributed by atoms with Gasteiger partial charge in [0.1, 0.15) is 23.7 Å². The molecular weight excluding hydrogens is 328 g/mol. The molecule has 0 unspecified atom stereocenters. The average Bonchev–Trinajstić information content (AvgIpc) is 3.28. The Bertz CT molecular complexity index is 880. The predicted octanol–water partition coefficient (Wildman–Crippen LogP) is 2.82. The van der Waals surface area contributed by atoms with Gasteiger partial charge in [0.05, 0.1) is 25.0 Å². The van der Waals surface area contributed by atoms with E-state index in [1.54, 1.807) is 7.11 Å². The highest BCUT2D eigenvalue weighted by molar-refractivity contribution is 5.57. The van der Waals surface area contributed by atoms with Gasteiger partial charge in [0.15, 0.2) is 0 Å². The van der Waals surface area contributed by atoms with Crippen LogP contribution in [0, 0.1) is 0 Å².